The Morgan fingerprint density at radius 1 is 1.21 bits per heavy atom. The zero-order valence-electron chi connectivity index (χ0n) is 16.5. The minimum absolute atomic E-state index is 0.0669. The molecule has 0 amide bonds. The molecule has 0 bridgehead atoms. The first-order valence-corrected chi connectivity index (χ1v) is 10.1. The summed E-state index contributed by atoms with van der Waals surface area (Å²) in [5, 5.41) is 0.687. The van der Waals surface area contributed by atoms with Crippen molar-refractivity contribution in [2.45, 2.75) is 70.9 Å². The van der Waals surface area contributed by atoms with E-state index in [9.17, 15) is 13.2 Å². The maximum atomic E-state index is 12.3. The number of rotatable bonds is 7. The second-order valence-electron chi connectivity index (χ2n) is 6.88. The lowest BCUT2D eigenvalue weighted by atomic mass is 9.98. The van der Waals surface area contributed by atoms with Gasteiger partial charge in [0.15, 0.2) is 0 Å². The Balaban J connectivity index is 0.00000136. The van der Waals surface area contributed by atoms with E-state index in [1.807, 2.05) is 38.1 Å². The van der Waals surface area contributed by atoms with Crippen LogP contribution in [0.1, 0.15) is 52.0 Å². The molecule has 1 atom stereocenters. The van der Waals surface area contributed by atoms with E-state index in [4.69, 9.17) is 11.6 Å². The van der Waals surface area contributed by atoms with Gasteiger partial charge in [-0.15, -0.1) is 13.2 Å². The molecule has 0 saturated heterocycles. The van der Waals surface area contributed by atoms with E-state index in [2.05, 4.69) is 22.5 Å². The summed E-state index contributed by atoms with van der Waals surface area (Å²) in [6.07, 6.45) is 3.43. The Labute approximate surface area is 170 Å². The highest BCUT2D eigenvalue weighted by Crippen LogP contribution is 2.42. The molecule has 1 saturated carbocycles. The van der Waals surface area contributed by atoms with E-state index in [1.54, 1.807) is 6.08 Å². The van der Waals surface area contributed by atoms with Crippen molar-refractivity contribution in [1.29, 1.82) is 0 Å². The molecular formula is C21H28ClF3N2O. The second-order valence-corrected chi connectivity index (χ2v) is 7.32. The van der Waals surface area contributed by atoms with Gasteiger partial charge in [0, 0.05) is 10.6 Å². The minimum Gasteiger partial charge on any atom is -0.321 e. The third-order valence-electron chi connectivity index (χ3n) is 4.66. The first-order valence-electron chi connectivity index (χ1n) is 9.71. The van der Waals surface area contributed by atoms with E-state index in [-0.39, 0.29) is 12.0 Å². The van der Waals surface area contributed by atoms with Gasteiger partial charge in [0.05, 0.1) is 11.8 Å². The first kappa shape index (κ1) is 22.8. The summed E-state index contributed by atoms with van der Waals surface area (Å²) in [5.74, 6) is 0. The molecule has 7 heteroatoms. The summed E-state index contributed by atoms with van der Waals surface area (Å²) in [6, 6.07) is 5.85. The Kier molecular flexibility index (Phi) is 7.98. The SMILES string of the molecule is CC.CCc1cc(Cl)cc(NNC2(CC3=CCC(OC(F)(F)F)C=C3)CC2)c1. The Morgan fingerprint density at radius 2 is 1.93 bits per heavy atom. The highest BCUT2D eigenvalue weighted by Gasteiger charge is 2.43. The molecule has 2 aliphatic carbocycles. The normalized spacial score (nSPS) is 20.1. The van der Waals surface area contributed by atoms with Gasteiger partial charge in [0.2, 0.25) is 0 Å². The van der Waals surface area contributed by atoms with Gasteiger partial charge in [-0.3, -0.25) is 4.74 Å². The van der Waals surface area contributed by atoms with Gasteiger partial charge in [-0.25, -0.2) is 5.43 Å². The Bertz CT molecular complexity index is 712. The van der Waals surface area contributed by atoms with Gasteiger partial charge in [-0.2, -0.15) is 0 Å². The van der Waals surface area contributed by atoms with Crippen molar-refractivity contribution in [3.05, 3.63) is 52.6 Å². The Morgan fingerprint density at radius 3 is 2.46 bits per heavy atom. The van der Waals surface area contributed by atoms with E-state index in [0.29, 0.717) is 5.02 Å². The van der Waals surface area contributed by atoms with E-state index >= 15 is 0 Å². The number of benzene rings is 1. The Hall–Kier alpha value is -1.50. The molecule has 3 rings (SSSR count). The molecule has 156 valence electrons. The maximum Gasteiger partial charge on any atom is 0.523 e. The van der Waals surface area contributed by atoms with Crippen LogP contribution in [0.4, 0.5) is 18.9 Å². The van der Waals surface area contributed by atoms with Crippen molar-refractivity contribution in [2.75, 3.05) is 5.43 Å². The number of anilines is 1. The van der Waals surface area contributed by atoms with Gasteiger partial charge >= 0.3 is 6.36 Å². The fourth-order valence-corrected chi connectivity index (χ4v) is 3.31. The van der Waals surface area contributed by atoms with Crippen molar-refractivity contribution in [3.63, 3.8) is 0 Å². The highest BCUT2D eigenvalue weighted by molar-refractivity contribution is 6.30. The van der Waals surface area contributed by atoms with Crippen LogP contribution in [0, 0.1) is 0 Å². The van der Waals surface area contributed by atoms with Crippen molar-refractivity contribution in [1.82, 2.24) is 5.43 Å². The van der Waals surface area contributed by atoms with Gasteiger partial charge < -0.3 is 5.43 Å². The molecule has 1 unspecified atom stereocenters. The predicted octanol–water partition coefficient (Wildman–Crippen LogP) is 6.56. The molecule has 0 radical (unpaired) electrons. The number of hydrogen-bond acceptors (Lipinski definition) is 3. The van der Waals surface area contributed by atoms with Crippen molar-refractivity contribution >= 4 is 17.3 Å². The van der Waals surface area contributed by atoms with Gasteiger partial charge in [-0.1, -0.05) is 56.2 Å². The quantitative estimate of drug-likeness (QED) is 0.494. The maximum absolute atomic E-state index is 12.3. The fourth-order valence-electron chi connectivity index (χ4n) is 3.05. The summed E-state index contributed by atoms with van der Waals surface area (Å²) >= 11 is 6.13. The molecular weight excluding hydrogens is 389 g/mol. The lowest BCUT2D eigenvalue weighted by molar-refractivity contribution is -0.336. The molecule has 1 fully saturated rings. The van der Waals surface area contributed by atoms with Crippen LogP contribution in [0.3, 0.4) is 0 Å². The average molecular weight is 417 g/mol. The number of halogens is 4. The van der Waals surface area contributed by atoms with E-state index in [0.717, 1.165) is 42.5 Å². The smallest absolute Gasteiger partial charge is 0.321 e. The van der Waals surface area contributed by atoms with Gasteiger partial charge in [0.1, 0.15) is 0 Å². The molecule has 0 aliphatic heterocycles. The van der Waals surface area contributed by atoms with Crippen LogP contribution < -0.4 is 10.9 Å². The lowest BCUT2D eigenvalue weighted by Crippen LogP contribution is -2.36. The van der Waals surface area contributed by atoms with Crippen LogP contribution in [0.5, 0.6) is 0 Å². The standard InChI is InChI=1S/C19H22ClF3N2O.C2H6/c1-2-13-9-15(20)11-16(10-13)24-25-18(7-8-18)12-14-3-5-17(6-4-14)26-19(21,22)23;1-2/h3-5,9-11,17,24-25H,2,6-8,12H2,1H3;1-2H3. The minimum atomic E-state index is -4.60. The highest BCUT2D eigenvalue weighted by atomic mass is 35.5. The lowest BCUT2D eigenvalue weighted by Gasteiger charge is -2.23. The van der Waals surface area contributed by atoms with Crippen LogP contribution in [-0.4, -0.2) is 18.0 Å². The monoisotopic (exact) mass is 416 g/mol. The molecule has 0 spiro atoms. The summed E-state index contributed by atoms with van der Waals surface area (Å²) in [6.45, 7) is 6.07. The number of alkyl halides is 3. The number of nitrogens with one attached hydrogen (secondary N) is 2. The van der Waals surface area contributed by atoms with Gasteiger partial charge in [0.25, 0.3) is 0 Å². The predicted molar refractivity (Wildman–Crippen MR) is 108 cm³/mol. The average Bonchev–Trinajstić information content (AvgIpc) is 3.41. The first-order chi connectivity index (χ1) is 13.3. The number of allylic oxidation sites excluding steroid dienone is 1. The van der Waals surface area contributed by atoms with Crippen molar-refractivity contribution < 1.29 is 17.9 Å². The number of hydrogen-bond donors (Lipinski definition) is 2. The van der Waals surface area contributed by atoms with Crippen LogP contribution in [0.15, 0.2) is 42.0 Å². The topological polar surface area (TPSA) is 33.3 Å². The molecule has 0 aromatic heterocycles. The van der Waals surface area contributed by atoms with Crippen LogP contribution in [0.25, 0.3) is 0 Å². The number of ether oxygens (including phenoxy) is 1. The molecule has 1 aromatic carbocycles. The van der Waals surface area contributed by atoms with Crippen molar-refractivity contribution in [2.24, 2.45) is 0 Å². The number of hydrazine groups is 1. The molecule has 1 aromatic rings. The van der Waals surface area contributed by atoms with E-state index in [1.165, 1.54) is 6.08 Å². The summed E-state index contributed by atoms with van der Waals surface area (Å²) in [4.78, 5) is 0. The van der Waals surface area contributed by atoms with Crippen LogP contribution in [-0.2, 0) is 11.2 Å². The van der Waals surface area contributed by atoms with Gasteiger partial charge in [-0.05, 0) is 55.9 Å². The van der Waals surface area contributed by atoms with E-state index < -0.39 is 12.5 Å². The van der Waals surface area contributed by atoms with Crippen molar-refractivity contribution in [3.8, 4) is 0 Å². The second kappa shape index (κ2) is 9.81. The number of aryl methyl sites for hydroxylation is 1. The fraction of sp³-hybridized carbons (Fsp3) is 0.524. The summed E-state index contributed by atoms with van der Waals surface area (Å²) in [7, 11) is 0. The molecule has 2 aliphatic rings. The molecule has 0 heterocycles. The molecule has 28 heavy (non-hydrogen) atoms. The zero-order valence-corrected chi connectivity index (χ0v) is 17.3. The van der Waals surface area contributed by atoms with Crippen LogP contribution >= 0.6 is 11.6 Å². The third-order valence-corrected chi connectivity index (χ3v) is 4.87. The van der Waals surface area contributed by atoms with Crippen LogP contribution in [0.2, 0.25) is 5.02 Å². The summed E-state index contributed by atoms with van der Waals surface area (Å²) < 4.78 is 40.8. The zero-order chi connectivity index (χ0) is 20.8. The summed E-state index contributed by atoms with van der Waals surface area (Å²) in [5.41, 5.74) is 9.62. The molecule has 3 nitrogen and oxygen atoms in total. The largest absolute Gasteiger partial charge is 0.523 e. The third kappa shape index (κ3) is 7.15. The molecule has 2 N–H and O–H groups in total.